The number of hydrogen-bond acceptors (Lipinski definition) is 8. The van der Waals surface area contributed by atoms with Gasteiger partial charge in [0.15, 0.2) is 0 Å². The standard InChI is InChI=1S/C23H36N4O7S/c1-4-13(2)19(22(32)25-17(23(33)34)9-10-35-3)27-21(31)18(26-20(30)16(24)12-28)11-14-5-7-15(29)8-6-14/h5-8,13,16-19,28-29H,4,9-12,24H2,1-3H3,(H,25,32)(H,26,30)(H,27,31)(H,33,34). The van der Waals surface area contributed by atoms with E-state index in [4.69, 9.17) is 5.73 Å². The molecule has 35 heavy (non-hydrogen) atoms. The topological polar surface area (TPSA) is 191 Å². The molecule has 0 spiro atoms. The summed E-state index contributed by atoms with van der Waals surface area (Å²) < 4.78 is 0. The van der Waals surface area contributed by atoms with Gasteiger partial charge in [0.25, 0.3) is 0 Å². The number of rotatable bonds is 15. The molecule has 8 N–H and O–H groups in total. The lowest BCUT2D eigenvalue weighted by Gasteiger charge is -2.28. The van der Waals surface area contributed by atoms with Crippen molar-refractivity contribution < 1.29 is 34.5 Å². The van der Waals surface area contributed by atoms with Gasteiger partial charge in [-0.1, -0.05) is 32.4 Å². The number of aliphatic carboxylic acids is 1. The van der Waals surface area contributed by atoms with Crippen molar-refractivity contribution >= 4 is 35.5 Å². The predicted octanol–water partition coefficient (Wildman–Crippen LogP) is -0.407. The van der Waals surface area contributed by atoms with E-state index in [1.54, 1.807) is 19.1 Å². The molecule has 5 atom stereocenters. The van der Waals surface area contributed by atoms with E-state index >= 15 is 0 Å². The van der Waals surface area contributed by atoms with E-state index in [1.807, 2.05) is 13.2 Å². The van der Waals surface area contributed by atoms with Gasteiger partial charge in [0.1, 0.15) is 29.9 Å². The normalized spacial score (nSPS) is 15.2. The second-order valence-corrected chi connectivity index (χ2v) is 9.26. The third-order valence-corrected chi connectivity index (χ3v) is 6.21. The lowest BCUT2D eigenvalue weighted by Crippen LogP contribution is -2.59. The number of aliphatic hydroxyl groups excluding tert-OH is 1. The van der Waals surface area contributed by atoms with Gasteiger partial charge >= 0.3 is 5.97 Å². The molecule has 5 unspecified atom stereocenters. The van der Waals surface area contributed by atoms with Crippen molar-refractivity contribution in [3.8, 4) is 5.75 Å². The first-order valence-electron chi connectivity index (χ1n) is 11.3. The third kappa shape index (κ3) is 10.1. The minimum absolute atomic E-state index is 0.0241. The zero-order valence-corrected chi connectivity index (χ0v) is 21.0. The summed E-state index contributed by atoms with van der Waals surface area (Å²) in [4.78, 5) is 50.1. The van der Waals surface area contributed by atoms with E-state index in [0.717, 1.165) is 0 Å². The van der Waals surface area contributed by atoms with Crippen LogP contribution in [0.2, 0.25) is 0 Å². The number of carbonyl (C=O) groups is 4. The molecular weight excluding hydrogens is 476 g/mol. The molecular formula is C23H36N4O7S. The highest BCUT2D eigenvalue weighted by Crippen LogP contribution is 2.13. The number of benzene rings is 1. The van der Waals surface area contributed by atoms with Gasteiger partial charge in [-0.05, 0) is 42.0 Å². The number of thioether (sulfide) groups is 1. The highest BCUT2D eigenvalue weighted by atomic mass is 32.2. The predicted molar refractivity (Wildman–Crippen MR) is 133 cm³/mol. The Morgan fingerprint density at radius 2 is 1.60 bits per heavy atom. The van der Waals surface area contributed by atoms with Gasteiger partial charge in [-0.3, -0.25) is 14.4 Å². The van der Waals surface area contributed by atoms with Crippen molar-refractivity contribution in [3.05, 3.63) is 29.8 Å². The average Bonchev–Trinajstić information content (AvgIpc) is 2.84. The maximum atomic E-state index is 13.2. The van der Waals surface area contributed by atoms with Gasteiger partial charge in [0, 0.05) is 6.42 Å². The van der Waals surface area contributed by atoms with Crippen LogP contribution >= 0.6 is 11.8 Å². The molecule has 0 fully saturated rings. The van der Waals surface area contributed by atoms with Crippen molar-refractivity contribution in [2.75, 3.05) is 18.6 Å². The Bertz CT molecular complexity index is 853. The van der Waals surface area contributed by atoms with E-state index in [1.165, 1.54) is 23.9 Å². The van der Waals surface area contributed by atoms with Crippen LogP contribution in [0.25, 0.3) is 0 Å². The summed E-state index contributed by atoms with van der Waals surface area (Å²) in [6.45, 7) is 2.96. The van der Waals surface area contributed by atoms with Crippen LogP contribution in [0.5, 0.6) is 5.75 Å². The van der Waals surface area contributed by atoms with Gasteiger partial charge in [-0.15, -0.1) is 0 Å². The molecule has 0 aromatic heterocycles. The molecule has 0 bridgehead atoms. The van der Waals surface area contributed by atoms with E-state index in [-0.39, 0.29) is 24.5 Å². The maximum Gasteiger partial charge on any atom is 0.326 e. The fourth-order valence-electron chi connectivity index (χ4n) is 3.15. The number of carboxylic acids is 1. The van der Waals surface area contributed by atoms with Crippen LogP contribution in [-0.2, 0) is 25.6 Å². The zero-order chi connectivity index (χ0) is 26.5. The SMILES string of the molecule is CCC(C)C(NC(=O)C(Cc1ccc(O)cc1)NC(=O)C(N)CO)C(=O)NC(CCSC)C(=O)O. The molecule has 0 radical (unpaired) electrons. The summed E-state index contributed by atoms with van der Waals surface area (Å²) in [5.74, 6) is -3.00. The van der Waals surface area contributed by atoms with Crippen molar-refractivity contribution in [3.63, 3.8) is 0 Å². The Kier molecular flexibility index (Phi) is 13.1. The van der Waals surface area contributed by atoms with Crippen LogP contribution in [0.4, 0.5) is 0 Å². The first kappa shape index (κ1) is 30.2. The first-order valence-corrected chi connectivity index (χ1v) is 12.7. The monoisotopic (exact) mass is 512 g/mol. The number of carbonyl (C=O) groups excluding carboxylic acids is 3. The molecule has 12 heteroatoms. The fourth-order valence-corrected chi connectivity index (χ4v) is 3.62. The molecule has 0 saturated heterocycles. The Balaban J connectivity index is 3.11. The number of carboxylic acid groups (broad SMARTS) is 1. The minimum Gasteiger partial charge on any atom is -0.508 e. The van der Waals surface area contributed by atoms with Gasteiger partial charge in [0.05, 0.1) is 6.61 Å². The molecule has 0 aliphatic rings. The molecule has 3 amide bonds. The zero-order valence-electron chi connectivity index (χ0n) is 20.2. The van der Waals surface area contributed by atoms with Crippen LogP contribution < -0.4 is 21.7 Å². The quantitative estimate of drug-likeness (QED) is 0.164. The summed E-state index contributed by atoms with van der Waals surface area (Å²) in [6.07, 6.45) is 2.59. The summed E-state index contributed by atoms with van der Waals surface area (Å²) in [7, 11) is 0. The Hall–Kier alpha value is -2.83. The van der Waals surface area contributed by atoms with Crippen molar-refractivity contribution in [2.45, 2.75) is 57.3 Å². The third-order valence-electron chi connectivity index (χ3n) is 5.56. The molecule has 1 aromatic carbocycles. The van der Waals surface area contributed by atoms with Crippen molar-refractivity contribution in [1.29, 1.82) is 0 Å². The summed E-state index contributed by atoms with van der Waals surface area (Å²) in [5, 5.41) is 35.8. The molecule has 196 valence electrons. The average molecular weight is 513 g/mol. The molecule has 0 aliphatic heterocycles. The van der Waals surface area contributed by atoms with Crippen LogP contribution in [-0.4, -0.2) is 81.8 Å². The Morgan fingerprint density at radius 1 is 1.00 bits per heavy atom. The second kappa shape index (κ2) is 15.2. The summed E-state index contributed by atoms with van der Waals surface area (Å²) >= 11 is 1.45. The molecule has 0 saturated carbocycles. The van der Waals surface area contributed by atoms with Crippen molar-refractivity contribution in [1.82, 2.24) is 16.0 Å². The van der Waals surface area contributed by atoms with Crippen LogP contribution in [0, 0.1) is 5.92 Å². The van der Waals surface area contributed by atoms with Crippen molar-refractivity contribution in [2.24, 2.45) is 11.7 Å². The fraction of sp³-hybridized carbons (Fsp3) is 0.565. The van der Waals surface area contributed by atoms with Crippen LogP contribution in [0.1, 0.15) is 32.3 Å². The number of hydrogen-bond donors (Lipinski definition) is 7. The van der Waals surface area contributed by atoms with E-state index < -0.39 is 54.5 Å². The number of nitrogens with two attached hydrogens (primary N) is 1. The van der Waals surface area contributed by atoms with Gasteiger partial charge in [0.2, 0.25) is 17.7 Å². The largest absolute Gasteiger partial charge is 0.508 e. The lowest BCUT2D eigenvalue weighted by atomic mass is 9.96. The number of amides is 3. The number of nitrogens with one attached hydrogen (secondary N) is 3. The first-order chi connectivity index (χ1) is 16.5. The number of phenols is 1. The maximum absolute atomic E-state index is 13.2. The summed E-state index contributed by atoms with van der Waals surface area (Å²) in [5.41, 5.74) is 6.19. The Labute approximate surface area is 209 Å². The number of aromatic hydroxyl groups is 1. The van der Waals surface area contributed by atoms with Gasteiger partial charge < -0.3 is 37.0 Å². The minimum atomic E-state index is -1.24. The molecule has 11 nitrogen and oxygen atoms in total. The second-order valence-electron chi connectivity index (χ2n) is 8.27. The van der Waals surface area contributed by atoms with Gasteiger partial charge in [-0.25, -0.2) is 4.79 Å². The lowest BCUT2D eigenvalue weighted by molar-refractivity contribution is -0.142. The number of aliphatic hydroxyl groups is 1. The number of phenolic OH excluding ortho intramolecular Hbond substituents is 1. The van der Waals surface area contributed by atoms with Crippen LogP contribution in [0.15, 0.2) is 24.3 Å². The van der Waals surface area contributed by atoms with E-state index in [2.05, 4.69) is 16.0 Å². The summed E-state index contributed by atoms with van der Waals surface area (Å²) in [6, 6.07) is 1.49. The highest BCUT2D eigenvalue weighted by molar-refractivity contribution is 7.98. The van der Waals surface area contributed by atoms with Gasteiger partial charge in [-0.2, -0.15) is 11.8 Å². The molecule has 1 aromatic rings. The van der Waals surface area contributed by atoms with E-state index in [0.29, 0.717) is 17.7 Å². The highest BCUT2D eigenvalue weighted by Gasteiger charge is 2.32. The molecule has 0 aliphatic carbocycles. The van der Waals surface area contributed by atoms with E-state index in [9.17, 15) is 34.5 Å². The molecule has 1 rings (SSSR count). The van der Waals surface area contributed by atoms with Crippen LogP contribution in [0.3, 0.4) is 0 Å². The molecule has 0 heterocycles. The Morgan fingerprint density at radius 3 is 2.11 bits per heavy atom. The smallest absolute Gasteiger partial charge is 0.326 e.